The number of hydrogen-bond acceptors (Lipinski definition) is 4. The van der Waals surface area contributed by atoms with Crippen LogP contribution in [0.25, 0.3) is 5.70 Å². The van der Waals surface area contributed by atoms with Crippen molar-refractivity contribution in [2.45, 2.75) is 39.7 Å². The largest absolute Gasteiger partial charge is 0.459 e. The summed E-state index contributed by atoms with van der Waals surface area (Å²) < 4.78 is 5.50. The quantitative estimate of drug-likeness (QED) is 0.843. The third-order valence-electron chi connectivity index (χ3n) is 3.29. The summed E-state index contributed by atoms with van der Waals surface area (Å²) in [6.45, 7) is 8.18. The van der Waals surface area contributed by atoms with Crippen molar-refractivity contribution in [1.82, 2.24) is 10.3 Å². The highest BCUT2D eigenvalue weighted by Gasteiger charge is 2.38. The second kappa shape index (κ2) is 5.27. The van der Waals surface area contributed by atoms with Crippen LogP contribution in [0.3, 0.4) is 0 Å². The fraction of sp³-hybridized carbons (Fsp3) is 0.500. The molecule has 0 bridgehead atoms. The van der Waals surface area contributed by atoms with Gasteiger partial charge in [0, 0.05) is 30.2 Å². The van der Waals surface area contributed by atoms with E-state index >= 15 is 0 Å². The number of nitrogens with one attached hydrogen (secondary N) is 1. The Morgan fingerprint density at radius 3 is 2.70 bits per heavy atom. The normalized spacial score (nSPS) is 22.7. The molecular formula is C16H22N2O2. The zero-order valence-corrected chi connectivity index (χ0v) is 12.6. The lowest BCUT2D eigenvalue weighted by atomic mass is 9.83. The molecule has 0 amide bonds. The number of rotatable bonds is 2. The lowest BCUT2D eigenvalue weighted by molar-refractivity contribution is -0.166. The van der Waals surface area contributed by atoms with Crippen molar-refractivity contribution < 1.29 is 9.53 Å². The number of allylic oxidation sites excluding steroid dienone is 1. The molecule has 1 unspecified atom stereocenters. The molecule has 1 atom stereocenters. The molecule has 1 N–H and O–H groups in total. The van der Waals surface area contributed by atoms with Crippen LogP contribution in [0.2, 0.25) is 0 Å². The molecule has 4 heteroatoms. The van der Waals surface area contributed by atoms with E-state index in [1.807, 2.05) is 52.1 Å². The Morgan fingerprint density at radius 2 is 2.20 bits per heavy atom. The molecule has 0 saturated heterocycles. The van der Waals surface area contributed by atoms with Gasteiger partial charge in [0.1, 0.15) is 5.60 Å². The molecule has 1 aromatic rings. The number of hydrogen-bond donors (Lipinski definition) is 1. The van der Waals surface area contributed by atoms with Crippen molar-refractivity contribution in [3.63, 3.8) is 0 Å². The van der Waals surface area contributed by atoms with E-state index in [1.54, 1.807) is 6.20 Å². The zero-order valence-electron chi connectivity index (χ0n) is 12.6. The van der Waals surface area contributed by atoms with Crippen LogP contribution in [0.5, 0.6) is 0 Å². The number of carbonyl (C=O) groups excluding carboxylic acids is 1. The van der Waals surface area contributed by atoms with Crippen LogP contribution in [0.1, 0.15) is 39.7 Å². The van der Waals surface area contributed by atoms with Crippen molar-refractivity contribution in [2.24, 2.45) is 5.41 Å². The van der Waals surface area contributed by atoms with Crippen LogP contribution in [0.15, 0.2) is 30.6 Å². The van der Waals surface area contributed by atoms with Gasteiger partial charge in [0.2, 0.25) is 0 Å². The number of aromatic nitrogens is 1. The molecule has 0 saturated carbocycles. The van der Waals surface area contributed by atoms with Crippen molar-refractivity contribution in [3.05, 3.63) is 36.2 Å². The lowest BCUT2D eigenvalue weighted by Crippen LogP contribution is -2.44. The number of nitrogens with zero attached hydrogens (tertiary/aromatic N) is 1. The van der Waals surface area contributed by atoms with E-state index in [-0.39, 0.29) is 5.97 Å². The van der Waals surface area contributed by atoms with Crippen LogP contribution in [-0.2, 0) is 9.53 Å². The van der Waals surface area contributed by atoms with Gasteiger partial charge in [0.15, 0.2) is 0 Å². The molecule has 4 nitrogen and oxygen atoms in total. The summed E-state index contributed by atoms with van der Waals surface area (Å²) in [5.41, 5.74) is 1.10. The highest BCUT2D eigenvalue weighted by Crippen LogP contribution is 2.31. The smallest absolute Gasteiger partial charge is 0.314 e. The summed E-state index contributed by atoms with van der Waals surface area (Å²) in [5.74, 6) is -0.154. The summed E-state index contributed by atoms with van der Waals surface area (Å²) in [5, 5.41) is 3.31. The standard InChI is InChI=1S/C16H22N2O2/c1-15(2,3)20-14(19)16(4)8-7-13(18-11-16)12-6-5-9-17-10-12/h5-7,9-10,18H,8,11H2,1-4H3. The predicted molar refractivity (Wildman–Crippen MR) is 78.8 cm³/mol. The second-order valence-electron chi connectivity index (χ2n) is 6.48. The van der Waals surface area contributed by atoms with Crippen LogP contribution in [0.4, 0.5) is 0 Å². The Bertz CT molecular complexity index is 517. The van der Waals surface area contributed by atoms with Crippen LogP contribution in [0, 0.1) is 5.41 Å². The van der Waals surface area contributed by atoms with Crippen molar-refractivity contribution in [1.29, 1.82) is 0 Å². The summed E-state index contributed by atoms with van der Waals surface area (Å²) in [6, 6.07) is 3.90. The predicted octanol–water partition coefficient (Wildman–Crippen LogP) is 2.76. The maximum absolute atomic E-state index is 12.3. The highest BCUT2D eigenvalue weighted by atomic mass is 16.6. The summed E-state index contributed by atoms with van der Waals surface area (Å²) in [4.78, 5) is 16.4. The Labute approximate surface area is 120 Å². The SMILES string of the molecule is CC(C)(C)OC(=O)C1(C)CC=C(c2cccnc2)NC1. The van der Waals surface area contributed by atoms with Gasteiger partial charge in [-0.3, -0.25) is 9.78 Å². The van der Waals surface area contributed by atoms with Gasteiger partial charge in [0.05, 0.1) is 5.41 Å². The lowest BCUT2D eigenvalue weighted by Gasteiger charge is -2.34. The van der Waals surface area contributed by atoms with Crippen LogP contribution in [-0.4, -0.2) is 23.1 Å². The van der Waals surface area contributed by atoms with E-state index in [0.29, 0.717) is 13.0 Å². The molecule has 1 aromatic heterocycles. The number of carbonyl (C=O) groups is 1. The fourth-order valence-electron chi connectivity index (χ4n) is 2.06. The highest BCUT2D eigenvalue weighted by molar-refractivity contribution is 5.79. The van der Waals surface area contributed by atoms with Crippen molar-refractivity contribution >= 4 is 11.7 Å². The summed E-state index contributed by atoms with van der Waals surface area (Å²) in [6.07, 6.45) is 6.27. The molecule has 0 radical (unpaired) electrons. The molecule has 0 aromatic carbocycles. The first-order valence-electron chi connectivity index (χ1n) is 6.88. The van der Waals surface area contributed by atoms with Gasteiger partial charge in [-0.1, -0.05) is 6.08 Å². The maximum Gasteiger partial charge on any atom is 0.314 e. The first kappa shape index (κ1) is 14.6. The topological polar surface area (TPSA) is 51.2 Å². The van der Waals surface area contributed by atoms with E-state index in [1.165, 1.54) is 0 Å². The van der Waals surface area contributed by atoms with Crippen molar-refractivity contribution in [3.8, 4) is 0 Å². The average Bonchev–Trinajstić information content (AvgIpc) is 2.38. The number of ether oxygens (including phenoxy) is 1. The molecule has 0 fully saturated rings. The molecule has 2 rings (SSSR count). The summed E-state index contributed by atoms with van der Waals surface area (Å²) in [7, 11) is 0. The Balaban J connectivity index is 2.09. The van der Waals surface area contributed by atoms with Gasteiger partial charge in [0.25, 0.3) is 0 Å². The third-order valence-corrected chi connectivity index (χ3v) is 3.29. The van der Waals surface area contributed by atoms with Gasteiger partial charge in [-0.2, -0.15) is 0 Å². The molecule has 108 valence electrons. The van der Waals surface area contributed by atoms with Gasteiger partial charge in [-0.05, 0) is 46.2 Å². The number of pyridine rings is 1. The van der Waals surface area contributed by atoms with E-state index in [4.69, 9.17) is 4.74 Å². The van der Waals surface area contributed by atoms with E-state index < -0.39 is 11.0 Å². The van der Waals surface area contributed by atoms with Gasteiger partial charge < -0.3 is 10.1 Å². The average molecular weight is 274 g/mol. The van der Waals surface area contributed by atoms with E-state index in [0.717, 1.165) is 11.3 Å². The minimum absolute atomic E-state index is 0.154. The van der Waals surface area contributed by atoms with Crippen LogP contribution < -0.4 is 5.32 Å². The van der Waals surface area contributed by atoms with Gasteiger partial charge >= 0.3 is 5.97 Å². The summed E-state index contributed by atoms with van der Waals surface area (Å²) >= 11 is 0. The first-order valence-corrected chi connectivity index (χ1v) is 6.88. The Kier molecular flexibility index (Phi) is 3.84. The molecule has 20 heavy (non-hydrogen) atoms. The molecule has 0 spiro atoms. The molecular weight excluding hydrogens is 252 g/mol. The zero-order chi connectivity index (χ0) is 14.8. The van der Waals surface area contributed by atoms with E-state index in [9.17, 15) is 4.79 Å². The molecule has 1 aliphatic rings. The Hall–Kier alpha value is -1.84. The minimum Gasteiger partial charge on any atom is -0.459 e. The van der Waals surface area contributed by atoms with E-state index in [2.05, 4.69) is 10.3 Å². The monoisotopic (exact) mass is 274 g/mol. The first-order chi connectivity index (χ1) is 9.30. The van der Waals surface area contributed by atoms with Crippen LogP contribution >= 0.6 is 0 Å². The minimum atomic E-state index is -0.515. The maximum atomic E-state index is 12.3. The Morgan fingerprint density at radius 1 is 1.45 bits per heavy atom. The molecule has 2 heterocycles. The van der Waals surface area contributed by atoms with Gasteiger partial charge in [-0.25, -0.2) is 0 Å². The number of esters is 1. The third kappa shape index (κ3) is 3.38. The van der Waals surface area contributed by atoms with Gasteiger partial charge in [-0.15, -0.1) is 0 Å². The molecule has 0 aliphatic carbocycles. The fourth-order valence-corrected chi connectivity index (χ4v) is 2.06. The second-order valence-corrected chi connectivity index (χ2v) is 6.48. The molecule has 1 aliphatic heterocycles. The van der Waals surface area contributed by atoms with Crippen molar-refractivity contribution in [2.75, 3.05) is 6.54 Å².